The van der Waals surface area contributed by atoms with Crippen LogP contribution in [-0.4, -0.2) is 41.9 Å². The first-order valence-corrected chi connectivity index (χ1v) is 11.9. The van der Waals surface area contributed by atoms with E-state index in [1.807, 2.05) is 24.3 Å². The van der Waals surface area contributed by atoms with Gasteiger partial charge >= 0.3 is 5.97 Å². The van der Waals surface area contributed by atoms with Crippen molar-refractivity contribution in [3.8, 4) is 28.3 Å². The van der Waals surface area contributed by atoms with Crippen molar-refractivity contribution in [3.63, 3.8) is 0 Å². The lowest BCUT2D eigenvalue weighted by Gasteiger charge is -2.12. The number of aliphatic carboxylic acids is 1. The van der Waals surface area contributed by atoms with E-state index in [1.54, 1.807) is 36.5 Å². The van der Waals surface area contributed by atoms with Crippen LogP contribution in [0.2, 0.25) is 0 Å². The first kappa shape index (κ1) is 22.3. The van der Waals surface area contributed by atoms with Crippen LogP contribution in [-0.2, 0) is 23.7 Å². The van der Waals surface area contributed by atoms with Crippen molar-refractivity contribution in [2.24, 2.45) is 7.05 Å². The van der Waals surface area contributed by atoms with Crippen molar-refractivity contribution in [2.75, 3.05) is 0 Å². The molecule has 2 fully saturated rings. The van der Waals surface area contributed by atoms with Gasteiger partial charge in [0.1, 0.15) is 17.6 Å². The molecule has 4 aromatic rings. The van der Waals surface area contributed by atoms with Crippen LogP contribution in [0, 0.1) is 5.82 Å². The Balaban J connectivity index is 1.26. The van der Waals surface area contributed by atoms with Crippen LogP contribution >= 0.6 is 0 Å². The average molecular weight is 486 g/mol. The summed E-state index contributed by atoms with van der Waals surface area (Å²) >= 11 is 0. The SMILES string of the molecule is Cn1ncc(-c2ncc(-c3ccc(C4(C(=O)O)CC4)cc3)cc2F)c1Cc1cncc(OC2CC2)n1. The highest BCUT2D eigenvalue weighted by Gasteiger charge is 2.51. The molecule has 0 aliphatic heterocycles. The molecule has 2 saturated carbocycles. The van der Waals surface area contributed by atoms with Crippen LogP contribution in [0.15, 0.2) is 55.1 Å². The summed E-state index contributed by atoms with van der Waals surface area (Å²) in [5.41, 5.74) is 3.65. The summed E-state index contributed by atoms with van der Waals surface area (Å²) in [7, 11) is 1.80. The van der Waals surface area contributed by atoms with E-state index in [9.17, 15) is 9.90 Å². The molecular formula is C27H24FN5O3. The van der Waals surface area contributed by atoms with Gasteiger partial charge < -0.3 is 9.84 Å². The van der Waals surface area contributed by atoms with Crippen molar-refractivity contribution in [1.29, 1.82) is 0 Å². The number of carbonyl (C=O) groups is 1. The van der Waals surface area contributed by atoms with Crippen molar-refractivity contribution < 1.29 is 19.0 Å². The van der Waals surface area contributed by atoms with Gasteiger partial charge in [-0.3, -0.25) is 19.4 Å². The molecule has 2 aliphatic carbocycles. The van der Waals surface area contributed by atoms with Gasteiger partial charge in [0.2, 0.25) is 5.88 Å². The number of aromatic nitrogens is 5. The molecule has 0 atom stereocenters. The number of carboxylic acid groups (broad SMARTS) is 1. The maximum atomic E-state index is 15.3. The zero-order chi connectivity index (χ0) is 24.9. The number of ether oxygens (including phenoxy) is 1. The second-order valence-corrected chi connectivity index (χ2v) is 9.49. The van der Waals surface area contributed by atoms with Gasteiger partial charge in [-0.25, -0.2) is 9.37 Å². The topological polar surface area (TPSA) is 103 Å². The van der Waals surface area contributed by atoms with Crippen molar-refractivity contribution >= 4 is 5.97 Å². The predicted molar refractivity (Wildman–Crippen MR) is 129 cm³/mol. The first-order chi connectivity index (χ1) is 17.4. The van der Waals surface area contributed by atoms with Crippen molar-refractivity contribution in [2.45, 2.75) is 43.6 Å². The number of benzene rings is 1. The lowest BCUT2D eigenvalue weighted by molar-refractivity contribution is -0.140. The normalized spacial score (nSPS) is 16.1. The molecule has 0 amide bonds. The number of nitrogens with zero attached hydrogens (tertiary/aromatic N) is 5. The van der Waals surface area contributed by atoms with E-state index in [0.29, 0.717) is 42.0 Å². The van der Waals surface area contributed by atoms with E-state index >= 15 is 4.39 Å². The third kappa shape index (κ3) is 4.10. The molecule has 0 unspecified atom stereocenters. The Labute approximate surface area is 206 Å². The van der Waals surface area contributed by atoms with Crippen LogP contribution in [0.3, 0.4) is 0 Å². The smallest absolute Gasteiger partial charge is 0.314 e. The average Bonchev–Trinajstić information content (AvgIpc) is 3.80. The van der Waals surface area contributed by atoms with Crippen LogP contribution < -0.4 is 4.74 Å². The van der Waals surface area contributed by atoms with Gasteiger partial charge in [-0.05, 0) is 42.9 Å². The fourth-order valence-corrected chi connectivity index (χ4v) is 4.45. The molecule has 3 heterocycles. The molecule has 9 heteroatoms. The van der Waals surface area contributed by atoms with Crippen molar-refractivity contribution in [3.05, 3.63) is 77.9 Å². The monoisotopic (exact) mass is 485 g/mol. The van der Waals surface area contributed by atoms with Crippen LogP contribution in [0.5, 0.6) is 5.88 Å². The lowest BCUT2D eigenvalue weighted by atomic mass is 9.94. The predicted octanol–water partition coefficient (Wildman–Crippen LogP) is 4.33. The number of halogens is 1. The van der Waals surface area contributed by atoms with Gasteiger partial charge in [-0.1, -0.05) is 24.3 Å². The molecule has 6 rings (SSSR count). The third-order valence-corrected chi connectivity index (χ3v) is 6.91. The molecule has 1 N–H and O–H groups in total. The van der Waals surface area contributed by atoms with Gasteiger partial charge in [0.05, 0.1) is 29.2 Å². The molecule has 36 heavy (non-hydrogen) atoms. The molecule has 182 valence electrons. The lowest BCUT2D eigenvalue weighted by Crippen LogP contribution is -2.19. The van der Waals surface area contributed by atoms with E-state index in [2.05, 4.69) is 20.1 Å². The van der Waals surface area contributed by atoms with Gasteiger partial charge in [0.15, 0.2) is 0 Å². The summed E-state index contributed by atoms with van der Waals surface area (Å²) < 4.78 is 22.8. The second-order valence-electron chi connectivity index (χ2n) is 9.49. The number of carboxylic acids is 1. The molecular weight excluding hydrogens is 461 g/mol. The van der Waals surface area contributed by atoms with Gasteiger partial charge in [0, 0.05) is 37.0 Å². The van der Waals surface area contributed by atoms with E-state index in [-0.39, 0.29) is 11.8 Å². The van der Waals surface area contributed by atoms with Gasteiger partial charge in [-0.15, -0.1) is 0 Å². The molecule has 3 aromatic heterocycles. The largest absolute Gasteiger partial charge is 0.481 e. The number of hydrogen-bond acceptors (Lipinski definition) is 6. The van der Waals surface area contributed by atoms with E-state index in [4.69, 9.17) is 4.74 Å². The Morgan fingerprint density at radius 3 is 2.58 bits per heavy atom. The molecule has 0 spiro atoms. The Morgan fingerprint density at radius 1 is 1.14 bits per heavy atom. The highest BCUT2D eigenvalue weighted by molar-refractivity contribution is 5.85. The third-order valence-electron chi connectivity index (χ3n) is 6.91. The maximum absolute atomic E-state index is 15.3. The minimum atomic E-state index is -0.798. The molecule has 0 radical (unpaired) electrons. The Morgan fingerprint density at radius 2 is 1.92 bits per heavy atom. The van der Waals surface area contributed by atoms with Crippen LogP contribution in [0.25, 0.3) is 22.4 Å². The van der Waals surface area contributed by atoms with Gasteiger partial charge in [-0.2, -0.15) is 5.10 Å². The highest BCUT2D eigenvalue weighted by atomic mass is 19.1. The highest BCUT2D eigenvalue weighted by Crippen LogP contribution is 2.48. The standard InChI is InChI=1S/C27H24FN5O3/c1-33-23(11-19-13-29-15-24(32-19)36-20-6-7-20)21(14-31-33)25-22(28)10-17(12-30-25)16-2-4-18(5-3-16)27(8-9-27)26(34)35/h2-5,10,12-15,20H,6-9,11H2,1H3,(H,34,35). The summed E-state index contributed by atoms with van der Waals surface area (Å²) in [6.07, 6.45) is 10.5. The van der Waals surface area contributed by atoms with Crippen LogP contribution in [0.4, 0.5) is 4.39 Å². The summed E-state index contributed by atoms with van der Waals surface area (Å²) in [4.78, 5) is 24.8. The molecule has 0 saturated heterocycles. The molecule has 0 bridgehead atoms. The first-order valence-electron chi connectivity index (χ1n) is 11.9. The minimum Gasteiger partial charge on any atom is -0.481 e. The van der Waals surface area contributed by atoms with Crippen molar-refractivity contribution in [1.82, 2.24) is 24.7 Å². The quantitative estimate of drug-likeness (QED) is 0.396. The molecule has 8 nitrogen and oxygen atoms in total. The van der Waals surface area contributed by atoms with E-state index in [0.717, 1.165) is 29.7 Å². The second kappa shape index (κ2) is 8.51. The molecule has 1 aromatic carbocycles. The summed E-state index contributed by atoms with van der Waals surface area (Å²) in [6, 6.07) is 8.70. The Bertz CT molecular complexity index is 1460. The van der Waals surface area contributed by atoms with Gasteiger partial charge in [0.25, 0.3) is 0 Å². The zero-order valence-electron chi connectivity index (χ0n) is 19.7. The Kier molecular flexibility index (Phi) is 5.28. The fourth-order valence-electron chi connectivity index (χ4n) is 4.45. The van der Waals surface area contributed by atoms with Crippen LogP contribution in [0.1, 0.15) is 42.6 Å². The summed E-state index contributed by atoms with van der Waals surface area (Å²) in [5, 5.41) is 13.8. The number of pyridine rings is 1. The minimum absolute atomic E-state index is 0.208. The zero-order valence-corrected chi connectivity index (χ0v) is 19.7. The number of aryl methyl sites for hydroxylation is 1. The fraction of sp³-hybridized carbons (Fsp3) is 0.296. The van der Waals surface area contributed by atoms with E-state index in [1.165, 1.54) is 6.07 Å². The maximum Gasteiger partial charge on any atom is 0.314 e. The summed E-state index contributed by atoms with van der Waals surface area (Å²) in [6.45, 7) is 0. The Hall–Kier alpha value is -4.14. The number of hydrogen-bond donors (Lipinski definition) is 1. The summed E-state index contributed by atoms with van der Waals surface area (Å²) in [5.74, 6) is -0.769. The van der Waals surface area contributed by atoms with E-state index < -0.39 is 17.2 Å². The number of rotatable bonds is 8. The molecule has 2 aliphatic rings.